The van der Waals surface area contributed by atoms with Crippen LogP contribution >= 0.6 is 31.9 Å². The lowest BCUT2D eigenvalue weighted by Crippen LogP contribution is -2.56. The van der Waals surface area contributed by atoms with Gasteiger partial charge in [0, 0.05) is 4.83 Å². The van der Waals surface area contributed by atoms with Crippen LogP contribution in [0.2, 0.25) is 0 Å². The highest BCUT2D eigenvalue weighted by molar-refractivity contribution is 9.11. The number of allylic oxidation sites excluding steroid dienone is 2. The third-order valence-corrected chi connectivity index (χ3v) is 10.3. The van der Waals surface area contributed by atoms with E-state index in [0.29, 0.717) is 0 Å². The summed E-state index contributed by atoms with van der Waals surface area (Å²) in [7, 11) is 0. The molecule has 2 heteroatoms. The maximum absolute atomic E-state index is 4.09. The zero-order chi connectivity index (χ0) is 14.8. The van der Waals surface area contributed by atoms with E-state index in [1.165, 1.54) is 51.4 Å². The summed E-state index contributed by atoms with van der Waals surface area (Å²) >= 11 is 8.06. The standard InChI is InChI=1S/C20H28Br2/c21-17-9-8-14-12-4-2-6-16-18(22)10-7-13(20(12)16)11-3-1-5-15(17)19(11)14/h11-15,17,19-20H,1-10H2. The molecule has 0 aromatic heterocycles. The van der Waals surface area contributed by atoms with E-state index >= 15 is 0 Å². The highest BCUT2D eigenvalue weighted by Gasteiger charge is 2.57. The van der Waals surface area contributed by atoms with Gasteiger partial charge in [-0.05, 0) is 104 Å². The summed E-state index contributed by atoms with van der Waals surface area (Å²) in [5.41, 5.74) is 1.88. The van der Waals surface area contributed by atoms with Gasteiger partial charge >= 0.3 is 0 Å². The van der Waals surface area contributed by atoms with Crippen molar-refractivity contribution in [3.63, 3.8) is 0 Å². The highest BCUT2D eigenvalue weighted by Crippen LogP contribution is 2.65. The first-order valence-electron chi connectivity index (χ1n) is 9.77. The fraction of sp³-hybridized carbons (Fsp3) is 0.900. The van der Waals surface area contributed by atoms with Gasteiger partial charge in [0.2, 0.25) is 0 Å². The Labute approximate surface area is 152 Å². The Bertz CT molecular complexity index is 496. The average molecular weight is 428 g/mol. The molecule has 4 fully saturated rings. The molecule has 0 amide bonds. The molecule has 0 heterocycles. The van der Waals surface area contributed by atoms with Crippen molar-refractivity contribution in [3.05, 3.63) is 10.1 Å². The first-order chi connectivity index (χ1) is 10.8. The van der Waals surface area contributed by atoms with Gasteiger partial charge in [-0.3, -0.25) is 0 Å². The van der Waals surface area contributed by atoms with Crippen LogP contribution in [0, 0.1) is 41.4 Å². The molecular formula is C20H28Br2. The summed E-state index contributed by atoms with van der Waals surface area (Å²) in [5.74, 6) is 7.30. The molecule has 5 aliphatic carbocycles. The van der Waals surface area contributed by atoms with Gasteiger partial charge in [0.25, 0.3) is 0 Å². The van der Waals surface area contributed by atoms with E-state index in [2.05, 4.69) is 31.9 Å². The highest BCUT2D eigenvalue weighted by atomic mass is 79.9. The number of halogens is 2. The Morgan fingerprint density at radius 3 is 2.32 bits per heavy atom. The first-order valence-corrected chi connectivity index (χ1v) is 11.5. The summed E-state index contributed by atoms with van der Waals surface area (Å²) in [4.78, 5) is 0.835. The minimum Gasteiger partial charge on any atom is -0.0888 e. The third kappa shape index (κ3) is 2.04. The molecule has 5 rings (SSSR count). The molecule has 0 aromatic rings. The molecular weight excluding hydrogens is 400 g/mol. The predicted octanol–water partition coefficient (Wildman–Crippen LogP) is 6.68. The van der Waals surface area contributed by atoms with Crippen LogP contribution in [0.4, 0.5) is 0 Å². The number of rotatable bonds is 0. The van der Waals surface area contributed by atoms with E-state index in [0.717, 1.165) is 46.3 Å². The van der Waals surface area contributed by atoms with Gasteiger partial charge < -0.3 is 0 Å². The van der Waals surface area contributed by atoms with Crippen LogP contribution in [-0.2, 0) is 0 Å². The van der Waals surface area contributed by atoms with Crippen molar-refractivity contribution in [2.45, 2.75) is 69.0 Å². The van der Waals surface area contributed by atoms with E-state index in [4.69, 9.17) is 0 Å². The lowest BCUT2D eigenvalue weighted by atomic mass is 9.44. The fourth-order valence-corrected chi connectivity index (χ4v) is 9.30. The maximum atomic E-state index is 4.09. The van der Waals surface area contributed by atoms with Crippen molar-refractivity contribution >= 4 is 31.9 Å². The lowest BCUT2D eigenvalue weighted by Gasteiger charge is -2.62. The molecule has 8 unspecified atom stereocenters. The van der Waals surface area contributed by atoms with Crippen LogP contribution in [0.15, 0.2) is 10.1 Å². The zero-order valence-electron chi connectivity index (χ0n) is 13.4. The van der Waals surface area contributed by atoms with Gasteiger partial charge in [-0.15, -0.1) is 0 Å². The van der Waals surface area contributed by atoms with E-state index in [-0.39, 0.29) is 0 Å². The number of hydrogen-bond donors (Lipinski definition) is 0. The Hall–Kier alpha value is 0.700. The molecule has 5 aliphatic rings. The van der Waals surface area contributed by atoms with E-state index < -0.39 is 0 Å². The molecule has 0 nitrogen and oxygen atoms in total. The molecule has 0 bridgehead atoms. The van der Waals surface area contributed by atoms with Crippen molar-refractivity contribution in [1.82, 2.24) is 0 Å². The van der Waals surface area contributed by atoms with Crippen LogP contribution in [0.1, 0.15) is 64.2 Å². The number of hydrogen-bond acceptors (Lipinski definition) is 0. The maximum Gasteiger partial charge on any atom is 0.0177 e. The Morgan fingerprint density at radius 1 is 0.682 bits per heavy atom. The monoisotopic (exact) mass is 426 g/mol. The topological polar surface area (TPSA) is 0 Å². The van der Waals surface area contributed by atoms with Crippen LogP contribution in [0.25, 0.3) is 0 Å². The zero-order valence-corrected chi connectivity index (χ0v) is 16.6. The van der Waals surface area contributed by atoms with Gasteiger partial charge in [0.15, 0.2) is 0 Å². The van der Waals surface area contributed by atoms with Crippen LogP contribution in [-0.4, -0.2) is 4.83 Å². The second-order valence-corrected chi connectivity index (χ2v) is 10.9. The summed E-state index contributed by atoms with van der Waals surface area (Å²) in [5, 5.41) is 0. The van der Waals surface area contributed by atoms with E-state index in [1.54, 1.807) is 17.3 Å². The predicted molar refractivity (Wildman–Crippen MR) is 99.3 cm³/mol. The van der Waals surface area contributed by atoms with Crippen molar-refractivity contribution in [2.24, 2.45) is 41.4 Å². The lowest BCUT2D eigenvalue weighted by molar-refractivity contribution is -0.0924. The Morgan fingerprint density at radius 2 is 1.41 bits per heavy atom. The van der Waals surface area contributed by atoms with Gasteiger partial charge in [0.1, 0.15) is 0 Å². The molecule has 0 aromatic carbocycles. The van der Waals surface area contributed by atoms with E-state index in [9.17, 15) is 0 Å². The van der Waals surface area contributed by atoms with Gasteiger partial charge in [0.05, 0.1) is 0 Å². The third-order valence-electron chi connectivity index (χ3n) is 8.25. The van der Waals surface area contributed by atoms with Gasteiger partial charge in [-0.1, -0.05) is 43.9 Å². The molecule has 122 valence electrons. The van der Waals surface area contributed by atoms with Gasteiger partial charge in [-0.2, -0.15) is 0 Å². The van der Waals surface area contributed by atoms with Crippen LogP contribution in [0.3, 0.4) is 0 Å². The minimum absolute atomic E-state index is 0.835. The quantitative estimate of drug-likeness (QED) is 0.378. The molecule has 0 N–H and O–H groups in total. The average Bonchev–Trinajstić information content (AvgIpc) is 2.55. The second kappa shape index (κ2) is 5.61. The smallest absolute Gasteiger partial charge is 0.0177 e. The summed E-state index contributed by atoms with van der Waals surface area (Å²) in [6, 6.07) is 0. The van der Waals surface area contributed by atoms with Crippen LogP contribution < -0.4 is 0 Å². The van der Waals surface area contributed by atoms with E-state index in [1.807, 2.05) is 5.57 Å². The Balaban J connectivity index is 1.58. The second-order valence-electron chi connectivity index (χ2n) is 8.81. The van der Waals surface area contributed by atoms with Crippen LogP contribution in [0.5, 0.6) is 0 Å². The first kappa shape index (κ1) is 15.0. The number of alkyl halides is 1. The normalized spacial score (nSPS) is 53.7. The Kier molecular flexibility index (Phi) is 3.83. The van der Waals surface area contributed by atoms with Gasteiger partial charge in [-0.25, -0.2) is 0 Å². The molecule has 0 radical (unpaired) electrons. The van der Waals surface area contributed by atoms with Crippen molar-refractivity contribution in [1.29, 1.82) is 0 Å². The molecule has 0 aliphatic heterocycles. The fourth-order valence-electron chi connectivity index (χ4n) is 7.73. The SMILES string of the molecule is BrC1=C2CCCC3C4CCC(Br)C5CCCC(C(CC1)C23)C54. The molecule has 22 heavy (non-hydrogen) atoms. The summed E-state index contributed by atoms with van der Waals surface area (Å²) in [6.07, 6.45) is 14.8. The molecule has 8 atom stereocenters. The largest absolute Gasteiger partial charge is 0.0888 e. The van der Waals surface area contributed by atoms with Crippen molar-refractivity contribution < 1.29 is 0 Å². The number of fused-ring (bicyclic) bond motifs is 2. The summed E-state index contributed by atoms with van der Waals surface area (Å²) < 4.78 is 1.62. The van der Waals surface area contributed by atoms with Crippen molar-refractivity contribution in [3.8, 4) is 0 Å². The van der Waals surface area contributed by atoms with Crippen molar-refractivity contribution in [2.75, 3.05) is 0 Å². The summed E-state index contributed by atoms with van der Waals surface area (Å²) in [6.45, 7) is 0. The molecule has 0 spiro atoms. The molecule has 0 saturated heterocycles. The molecule has 4 saturated carbocycles. The minimum atomic E-state index is 0.835.